The number of carbonyl (C=O) groups excluding carboxylic acids is 1. The highest BCUT2D eigenvalue weighted by molar-refractivity contribution is 6.33. The van der Waals surface area contributed by atoms with Crippen molar-refractivity contribution < 1.29 is 15.0 Å². The van der Waals surface area contributed by atoms with Gasteiger partial charge in [0, 0.05) is 0 Å². The van der Waals surface area contributed by atoms with Gasteiger partial charge in [0.05, 0.1) is 16.1 Å². The molecule has 0 aromatic heterocycles. The number of unbranched alkanes of at least 4 members (excludes halogenated alkanes) is 4. The van der Waals surface area contributed by atoms with Crippen LogP contribution < -0.4 is 0 Å². The van der Waals surface area contributed by atoms with Crippen LogP contribution >= 0.6 is 11.6 Å². The summed E-state index contributed by atoms with van der Waals surface area (Å²) in [5.41, 5.74) is 0.689. The Bertz CT molecular complexity index is 507. The summed E-state index contributed by atoms with van der Waals surface area (Å²) in [6.45, 7) is 5.36. The van der Waals surface area contributed by atoms with E-state index in [1.54, 1.807) is 13.0 Å². The first-order valence-corrected chi connectivity index (χ1v) is 7.07. The first kappa shape index (κ1) is 16.6. The molecule has 1 radical (unpaired) electrons. The molecule has 1 aromatic carbocycles. The average Bonchev–Trinajstić information content (AvgIpc) is 2.44. The summed E-state index contributed by atoms with van der Waals surface area (Å²) in [4.78, 5) is 11.0. The number of aldehydes is 1. The second kappa shape index (κ2) is 7.95. The molecule has 0 unspecified atom stereocenters. The summed E-state index contributed by atoms with van der Waals surface area (Å²) >= 11 is 5.96. The highest BCUT2D eigenvalue weighted by atomic mass is 35.5. The molecule has 0 aliphatic rings. The van der Waals surface area contributed by atoms with Gasteiger partial charge in [-0.15, -0.1) is 0 Å². The van der Waals surface area contributed by atoms with Gasteiger partial charge in [0.2, 0.25) is 0 Å². The monoisotopic (exact) mass is 295 g/mol. The third kappa shape index (κ3) is 3.76. The van der Waals surface area contributed by atoms with Gasteiger partial charge in [0.15, 0.2) is 6.29 Å². The van der Waals surface area contributed by atoms with E-state index in [-0.39, 0.29) is 27.6 Å². The molecule has 0 aliphatic heterocycles. The second-order valence-electron chi connectivity index (χ2n) is 4.69. The molecule has 0 heterocycles. The lowest BCUT2D eigenvalue weighted by atomic mass is 10.0. The highest BCUT2D eigenvalue weighted by Crippen LogP contribution is 2.40. The standard InChI is InChI=1S/C16H20ClO3/c1-3-4-5-6-7-8-9-12-15(19)13(10-18)11(2)14(17)16(12)20/h8-10,19-20H,1,3-7H2,2H3/b9-8+. The molecule has 0 fully saturated rings. The summed E-state index contributed by atoms with van der Waals surface area (Å²) in [7, 11) is 0. The van der Waals surface area contributed by atoms with Gasteiger partial charge < -0.3 is 10.2 Å². The van der Waals surface area contributed by atoms with Crippen LogP contribution in [0.25, 0.3) is 6.08 Å². The lowest BCUT2D eigenvalue weighted by molar-refractivity contribution is 0.112. The summed E-state index contributed by atoms with van der Waals surface area (Å²) < 4.78 is 0. The van der Waals surface area contributed by atoms with Crippen molar-refractivity contribution in [1.29, 1.82) is 0 Å². The minimum atomic E-state index is -0.228. The molecule has 0 aliphatic carbocycles. The zero-order valence-electron chi connectivity index (χ0n) is 11.7. The molecule has 2 N–H and O–H groups in total. The number of phenols is 2. The van der Waals surface area contributed by atoms with Crippen molar-refractivity contribution in [3.63, 3.8) is 0 Å². The van der Waals surface area contributed by atoms with E-state index in [0.717, 1.165) is 32.1 Å². The molecule has 109 valence electrons. The molecule has 0 amide bonds. The normalized spacial score (nSPS) is 11.2. The largest absolute Gasteiger partial charge is 0.506 e. The molecule has 1 aromatic rings. The van der Waals surface area contributed by atoms with Crippen molar-refractivity contribution in [3.05, 3.63) is 34.7 Å². The number of rotatable bonds is 7. The lowest BCUT2D eigenvalue weighted by Gasteiger charge is -2.11. The number of allylic oxidation sites excluding steroid dienone is 1. The minimum Gasteiger partial charge on any atom is -0.506 e. The smallest absolute Gasteiger partial charge is 0.154 e. The molecule has 20 heavy (non-hydrogen) atoms. The molecule has 1 rings (SSSR count). The number of halogens is 1. The van der Waals surface area contributed by atoms with Gasteiger partial charge in [-0.25, -0.2) is 0 Å². The molecule has 0 spiro atoms. The predicted molar refractivity (Wildman–Crippen MR) is 82.4 cm³/mol. The van der Waals surface area contributed by atoms with E-state index in [9.17, 15) is 15.0 Å². The number of benzene rings is 1. The van der Waals surface area contributed by atoms with Crippen LogP contribution in [-0.2, 0) is 0 Å². The van der Waals surface area contributed by atoms with Gasteiger partial charge in [-0.05, 0) is 25.3 Å². The Balaban J connectivity index is 2.92. The van der Waals surface area contributed by atoms with E-state index < -0.39 is 0 Å². The summed E-state index contributed by atoms with van der Waals surface area (Å²) in [6, 6.07) is 0. The second-order valence-corrected chi connectivity index (χ2v) is 5.06. The lowest BCUT2D eigenvalue weighted by Crippen LogP contribution is -1.93. The van der Waals surface area contributed by atoms with Crippen molar-refractivity contribution >= 4 is 24.0 Å². The van der Waals surface area contributed by atoms with Crippen LogP contribution in [-0.4, -0.2) is 16.5 Å². The molecule has 0 saturated heterocycles. The number of phenolic OH excluding ortho intramolecular Hbond substituents is 2. The molecule has 3 nitrogen and oxygen atoms in total. The maximum atomic E-state index is 11.0. The Kier molecular flexibility index (Phi) is 6.59. The number of carbonyl (C=O) groups is 1. The molecular weight excluding hydrogens is 276 g/mol. The van der Waals surface area contributed by atoms with Crippen LogP contribution in [0.3, 0.4) is 0 Å². The Morgan fingerprint density at radius 2 is 1.85 bits per heavy atom. The van der Waals surface area contributed by atoms with Gasteiger partial charge in [-0.3, -0.25) is 4.79 Å². The van der Waals surface area contributed by atoms with Crippen molar-refractivity contribution in [1.82, 2.24) is 0 Å². The van der Waals surface area contributed by atoms with Crippen molar-refractivity contribution in [2.24, 2.45) is 0 Å². The van der Waals surface area contributed by atoms with Crippen LogP contribution in [0.15, 0.2) is 6.08 Å². The molecule has 0 bridgehead atoms. The fourth-order valence-corrected chi connectivity index (χ4v) is 2.17. The van der Waals surface area contributed by atoms with Gasteiger partial charge >= 0.3 is 0 Å². The topological polar surface area (TPSA) is 57.5 Å². The van der Waals surface area contributed by atoms with E-state index in [4.69, 9.17) is 11.6 Å². The van der Waals surface area contributed by atoms with Crippen molar-refractivity contribution in [3.8, 4) is 11.5 Å². The molecule has 0 atom stereocenters. The number of hydrogen-bond acceptors (Lipinski definition) is 3. The molecule has 4 heteroatoms. The van der Waals surface area contributed by atoms with E-state index in [2.05, 4.69) is 6.92 Å². The zero-order valence-corrected chi connectivity index (χ0v) is 12.4. The summed E-state index contributed by atoms with van der Waals surface area (Å²) in [6.07, 6.45) is 8.99. The van der Waals surface area contributed by atoms with Crippen molar-refractivity contribution in [2.45, 2.75) is 39.0 Å². The Morgan fingerprint density at radius 1 is 1.15 bits per heavy atom. The van der Waals surface area contributed by atoms with Crippen LogP contribution in [0, 0.1) is 13.8 Å². The number of hydrogen-bond donors (Lipinski definition) is 2. The Morgan fingerprint density at radius 3 is 2.45 bits per heavy atom. The SMILES string of the molecule is [CH2]CCCCC/C=C/c1c(O)c(Cl)c(C)c(C=O)c1O. The Labute approximate surface area is 124 Å². The fraction of sp³-hybridized carbons (Fsp3) is 0.375. The molecular formula is C16H20ClO3. The summed E-state index contributed by atoms with van der Waals surface area (Å²) in [5.74, 6) is -0.422. The average molecular weight is 296 g/mol. The first-order chi connectivity index (χ1) is 9.54. The third-order valence-electron chi connectivity index (χ3n) is 3.23. The first-order valence-electron chi connectivity index (χ1n) is 6.69. The highest BCUT2D eigenvalue weighted by Gasteiger charge is 2.18. The van der Waals surface area contributed by atoms with E-state index >= 15 is 0 Å². The maximum Gasteiger partial charge on any atom is 0.154 e. The fourth-order valence-electron chi connectivity index (χ4n) is 1.97. The zero-order chi connectivity index (χ0) is 15.1. The van der Waals surface area contributed by atoms with Gasteiger partial charge in [-0.1, -0.05) is 49.9 Å². The van der Waals surface area contributed by atoms with Gasteiger partial charge in [0.1, 0.15) is 11.5 Å². The van der Waals surface area contributed by atoms with E-state index in [1.165, 1.54) is 0 Å². The van der Waals surface area contributed by atoms with Crippen LogP contribution in [0.5, 0.6) is 11.5 Å². The van der Waals surface area contributed by atoms with Crippen LogP contribution in [0.2, 0.25) is 5.02 Å². The van der Waals surface area contributed by atoms with Crippen LogP contribution in [0.4, 0.5) is 0 Å². The predicted octanol–water partition coefficient (Wildman–Crippen LogP) is 4.67. The third-order valence-corrected chi connectivity index (χ3v) is 3.69. The van der Waals surface area contributed by atoms with Gasteiger partial charge in [0.25, 0.3) is 0 Å². The summed E-state index contributed by atoms with van der Waals surface area (Å²) in [5, 5.41) is 20.1. The quantitative estimate of drug-likeness (QED) is 0.567. The van der Waals surface area contributed by atoms with Crippen LogP contribution in [0.1, 0.15) is 53.6 Å². The van der Waals surface area contributed by atoms with E-state index in [0.29, 0.717) is 11.8 Å². The van der Waals surface area contributed by atoms with E-state index in [1.807, 2.05) is 6.08 Å². The Hall–Kier alpha value is -1.48. The maximum absolute atomic E-state index is 11.0. The van der Waals surface area contributed by atoms with Crippen molar-refractivity contribution in [2.75, 3.05) is 0 Å². The van der Waals surface area contributed by atoms with Gasteiger partial charge in [-0.2, -0.15) is 0 Å². The molecule has 0 saturated carbocycles. The minimum absolute atomic E-state index is 0.0987. The number of aromatic hydroxyl groups is 2.